The Bertz CT molecular complexity index is 282. The Kier molecular flexibility index (Phi) is 2.76. The standard InChI is InChI=1S/C8H9FN2O/c1-10-8(11-12)6-2-4-7(9)5-3-6/h2-5,12H,1H3,(H,10,11). The third-order valence-corrected chi connectivity index (χ3v) is 1.45. The lowest BCUT2D eigenvalue weighted by molar-refractivity contribution is 0.235. The summed E-state index contributed by atoms with van der Waals surface area (Å²) in [6, 6.07) is 5.66. The van der Waals surface area contributed by atoms with Crippen LogP contribution in [0, 0.1) is 5.82 Å². The van der Waals surface area contributed by atoms with Gasteiger partial charge in [0.25, 0.3) is 0 Å². The van der Waals surface area contributed by atoms with Crippen LogP contribution in [-0.4, -0.2) is 18.1 Å². The van der Waals surface area contributed by atoms with Gasteiger partial charge in [-0.3, -0.25) is 15.7 Å². The van der Waals surface area contributed by atoms with Gasteiger partial charge in [0.2, 0.25) is 0 Å². The summed E-state index contributed by atoms with van der Waals surface area (Å²) in [5, 5.41) is 8.57. The van der Waals surface area contributed by atoms with Crippen LogP contribution >= 0.6 is 0 Å². The molecule has 0 aliphatic carbocycles. The van der Waals surface area contributed by atoms with E-state index < -0.39 is 0 Å². The molecule has 3 nitrogen and oxygen atoms in total. The summed E-state index contributed by atoms with van der Waals surface area (Å²) in [6.07, 6.45) is 0. The van der Waals surface area contributed by atoms with Crippen molar-refractivity contribution in [3.63, 3.8) is 0 Å². The fraction of sp³-hybridized carbons (Fsp3) is 0.125. The average molecular weight is 168 g/mol. The van der Waals surface area contributed by atoms with Crippen LogP contribution in [0.3, 0.4) is 0 Å². The van der Waals surface area contributed by atoms with Gasteiger partial charge in [0, 0.05) is 12.6 Å². The Labute approximate surface area is 69.5 Å². The summed E-state index contributed by atoms with van der Waals surface area (Å²) >= 11 is 0. The highest BCUT2D eigenvalue weighted by atomic mass is 19.1. The van der Waals surface area contributed by atoms with Crippen molar-refractivity contribution in [2.75, 3.05) is 7.05 Å². The second-order valence-corrected chi connectivity index (χ2v) is 2.19. The summed E-state index contributed by atoms with van der Waals surface area (Å²) < 4.78 is 12.4. The second kappa shape index (κ2) is 3.82. The molecule has 0 bridgehead atoms. The number of rotatable bonds is 1. The summed E-state index contributed by atoms with van der Waals surface area (Å²) in [6.45, 7) is 0. The predicted molar refractivity (Wildman–Crippen MR) is 43.8 cm³/mol. The number of hydrogen-bond acceptors (Lipinski definition) is 2. The van der Waals surface area contributed by atoms with Crippen LogP contribution in [0.25, 0.3) is 0 Å². The van der Waals surface area contributed by atoms with E-state index in [2.05, 4.69) is 4.99 Å². The number of halogens is 1. The van der Waals surface area contributed by atoms with Gasteiger partial charge in [0.05, 0.1) is 0 Å². The van der Waals surface area contributed by atoms with Gasteiger partial charge in [-0.05, 0) is 24.3 Å². The lowest BCUT2D eigenvalue weighted by Crippen LogP contribution is -2.19. The Morgan fingerprint density at radius 1 is 1.42 bits per heavy atom. The highest BCUT2D eigenvalue weighted by molar-refractivity contribution is 5.97. The molecule has 1 aromatic rings. The molecular formula is C8H9FN2O. The highest BCUT2D eigenvalue weighted by Crippen LogP contribution is 2.02. The first-order chi connectivity index (χ1) is 5.77. The molecule has 0 heterocycles. The van der Waals surface area contributed by atoms with E-state index >= 15 is 0 Å². The smallest absolute Gasteiger partial charge is 0.151 e. The van der Waals surface area contributed by atoms with Crippen molar-refractivity contribution in [2.45, 2.75) is 0 Å². The topological polar surface area (TPSA) is 44.6 Å². The summed E-state index contributed by atoms with van der Waals surface area (Å²) in [4.78, 5) is 3.74. The largest absolute Gasteiger partial charge is 0.290 e. The lowest BCUT2D eigenvalue weighted by atomic mass is 10.2. The quantitative estimate of drug-likeness (QED) is 0.375. The Hall–Kier alpha value is -1.42. The van der Waals surface area contributed by atoms with E-state index in [0.29, 0.717) is 11.4 Å². The molecule has 0 amide bonds. The first-order valence-corrected chi connectivity index (χ1v) is 3.40. The molecule has 2 N–H and O–H groups in total. The number of hydrogen-bond donors (Lipinski definition) is 2. The molecular weight excluding hydrogens is 159 g/mol. The molecule has 0 unspecified atom stereocenters. The third-order valence-electron chi connectivity index (χ3n) is 1.45. The van der Waals surface area contributed by atoms with Crippen LogP contribution in [0.2, 0.25) is 0 Å². The molecule has 1 rings (SSSR count). The van der Waals surface area contributed by atoms with Crippen molar-refractivity contribution in [3.8, 4) is 0 Å². The van der Waals surface area contributed by atoms with E-state index in [1.807, 2.05) is 5.48 Å². The van der Waals surface area contributed by atoms with E-state index in [4.69, 9.17) is 5.21 Å². The number of nitrogens with one attached hydrogen (secondary N) is 1. The fourth-order valence-corrected chi connectivity index (χ4v) is 0.851. The lowest BCUT2D eigenvalue weighted by Gasteiger charge is -2.02. The number of hydroxylamine groups is 1. The number of amidine groups is 1. The van der Waals surface area contributed by atoms with E-state index in [1.165, 1.54) is 31.3 Å². The molecule has 64 valence electrons. The second-order valence-electron chi connectivity index (χ2n) is 2.19. The Balaban J connectivity index is 2.96. The normalized spacial score (nSPS) is 11.4. The minimum absolute atomic E-state index is 0.313. The average Bonchev–Trinajstić information content (AvgIpc) is 2.10. The van der Waals surface area contributed by atoms with Crippen LogP contribution in [-0.2, 0) is 0 Å². The van der Waals surface area contributed by atoms with Gasteiger partial charge in [-0.2, -0.15) is 0 Å². The van der Waals surface area contributed by atoms with Crippen molar-refractivity contribution in [2.24, 2.45) is 4.99 Å². The van der Waals surface area contributed by atoms with Gasteiger partial charge >= 0.3 is 0 Å². The Morgan fingerprint density at radius 2 is 2.00 bits per heavy atom. The SMILES string of the molecule is CN=C(NO)c1ccc(F)cc1. The van der Waals surface area contributed by atoms with E-state index in [-0.39, 0.29) is 5.82 Å². The van der Waals surface area contributed by atoms with Crippen molar-refractivity contribution in [3.05, 3.63) is 35.6 Å². The molecule has 12 heavy (non-hydrogen) atoms. The predicted octanol–water partition coefficient (Wildman–Crippen LogP) is 1.18. The summed E-state index contributed by atoms with van der Waals surface area (Å²) in [5.41, 5.74) is 2.56. The molecule has 1 aromatic carbocycles. The molecule has 0 aliphatic heterocycles. The molecule has 0 fully saturated rings. The first kappa shape index (κ1) is 8.67. The van der Waals surface area contributed by atoms with E-state index in [1.54, 1.807) is 0 Å². The molecule has 0 atom stereocenters. The monoisotopic (exact) mass is 168 g/mol. The zero-order chi connectivity index (χ0) is 8.97. The van der Waals surface area contributed by atoms with E-state index in [0.717, 1.165) is 0 Å². The van der Waals surface area contributed by atoms with Crippen molar-refractivity contribution in [1.82, 2.24) is 5.48 Å². The van der Waals surface area contributed by atoms with Gasteiger partial charge in [-0.1, -0.05) is 0 Å². The maximum atomic E-state index is 12.4. The first-order valence-electron chi connectivity index (χ1n) is 3.40. The van der Waals surface area contributed by atoms with Crippen molar-refractivity contribution >= 4 is 5.84 Å². The maximum absolute atomic E-state index is 12.4. The van der Waals surface area contributed by atoms with Gasteiger partial charge in [-0.15, -0.1) is 0 Å². The highest BCUT2D eigenvalue weighted by Gasteiger charge is 1.99. The van der Waals surface area contributed by atoms with Crippen LogP contribution in [0.1, 0.15) is 5.56 Å². The molecule has 0 aromatic heterocycles. The molecule has 0 saturated carbocycles. The zero-order valence-corrected chi connectivity index (χ0v) is 6.58. The van der Waals surface area contributed by atoms with Crippen LogP contribution in [0.5, 0.6) is 0 Å². The van der Waals surface area contributed by atoms with Gasteiger partial charge < -0.3 is 0 Å². The minimum atomic E-state index is -0.313. The van der Waals surface area contributed by atoms with Gasteiger partial charge in [0.1, 0.15) is 5.82 Å². The summed E-state index contributed by atoms with van der Waals surface area (Å²) in [5.74, 6) is 0.00198. The van der Waals surface area contributed by atoms with Crippen LogP contribution in [0.4, 0.5) is 4.39 Å². The van der Waals surface area contributed by atoms with Crippen LogP contribution < -0.4 is 5.48 Å². The fourth-order valence-electron chi connectivity index (χ4n) is 0.851. The van der Waals surface area contributed by atoms with E-state index in [9.17, 15) is 4.39 Å². The number of nitrogens with zero attached hydrogens (tertiary/aromatic N) is 1. The van der Waals surface area contributed by atoms with Crippen molar-refractivity contribution < 1.29 is 9.60 Å². The summed E-state index contributed by atoms with van der Waals surface area (Å²) in [7, 11) is 1.53. The number of aliphatic imine (C=N–C) groups is 1. The molecule has 0 aliphatic rings. The maximum Gasteiger partial charge on any atom is 0.151 e. The van der Waals surface area contributed by atoms with Crippen molar-refractivity contribution in [1.29, 1.82) is 0 Å². The molecule has 0 spiro atoms. The zero-order valence-electron chi connectivity index (χ0n) is 6.58. The molecule has 0 saturated heterocycles. The van der Waals surface area contributed by atoms with Crippen LogP contribution in [0.15, 0.2) is 29.3 Å². The Morgan fingerprint density at radius 3 is 2.42 bits per heavy atom. The molecule has 0 radical (unpaired) electrons. The molecule has 4 heteroatoms. The number of benzene rings is 1. The third kappa shape index (κ3) is 1.79. The van der Waals surface area contributed by atoms with Gasteiger partial charge in [0.15, 0.2) is 5.84 Å². The van der Waals surface area contributed by atoms with Gasteiger partial charge in [-0.25, -0.2) is 4.39 Å². The minimum Gasteiger partial charge on any atom is -0.290 e.